The third kappa shape index (κ3) is 4.86. The topological polar surface area (TPSA) is 108 Å². The number of amides is 2. The van der Waals surface area contributed by atoms with Crippen LogP contribution in [-0.2, 0) is 19.1 Å². The Labute approximate surface area is 159 Å². The first kappa shape index (κ1) is 18.5. The van der Waals surface area contributed by atoms with Gasteiger partial charge in [0.2, 0.25) is 5.91 Å². The van der Waals surface area contributed by atoms with E-state index in [4.69, 9.17) is 10.00 Å². The zero-order chi connectivity index (χ0) is 19.2. The van der Waals surface area contributed by atoms with Crippen molar-refractivity contribution in [2.75, 3.05) is 17.2 Å². The van der Waals surface area contributed by atoms with Crippen LogP contribution >= 0.6 is 11.8 Å². The predicted octanol–water partition coefficient (Wildman–Crippen LogP) is 2.54. The van der Waals surface area contributed by atoms with Gasteiger partial charge in [-0.15, -0.1) is 11.8 Å². The largest absolute Gasteiger partial charge is 0.456 e. The number of ether oxygens (including phenoxy) is 1. The normalized spacial score (nSPS) is 15.1. The molecule has 8 heteroatoms. The molecule has 0 spiro atoms. The maximum atomic E-state index is 12.1. The van der Waals surface area contributed by atoms with Gasteiger partial charge in [-0.3, -0.25) is 14.4 Å². The maximum Gasteiger partial charge on any atom is 0.307 e. The van der Waals surface area contributed by atoms with Gasteiger partial charge in [-0.2, -0.15) is 5.26 Å². The Hall–Kier alpha value is -3.31. The van der Waals surface area contributed by atoms with Crippen LogP contribution in [-0.4, -0.2) is 29.6 Å². The predicted molar refractivity (Wildman–Crippen MR) is 100 cm³/mol. The summed E-state index contributed by atoms with van der Waals surface area (Å²) < 4.78 is 4.96. The van der Waals surface area contributed by atoms with E-state index in [0.29, 0.717) is 11.3 Å². The van der Waals surface area contributed by atoms with Gasteiger partial charge in [-0.05, 0) is 30.3 Å². The zero-order valence-electron chi connectivity index (χ0n) is 14.1. The second-order valence-electron chi connectivity index (χ2n) is 5.70. The molecule has 2 amide bonds. The molecule has 136 valence electrons. The van der Waals surface area contributed by atoms with Crippen LogP contribution in [0.5, 0.6) is 0 Å². The number of carbonyl (C=O) groups excluding carboxylic acids is 3. The molecule has 0 aliphatic carbocycles. The number of benzene rings is 2. The Balaban J connectivity index is 1.49. The van der Waals surface area contributed by atoms with Crippen molar-refractivity contribution >= 4 is 40.9 Å². The van der Waals surface area contributed by atoms with Crippen LogP contribution in [0, 0.1) is 11.3 Å². The number of nitriles is 1. The molecule has 1 aliphatic rings. The molecule has 0 unspecified atom stereocenters. The molecule has 0 fully saturated rings. The summed E-state index contributed by atoms with van der Waals surface area (Å²) in [6, 6.07) is 15.7. The number of fused-ring (bicyclic) bond motifs is 1. The van der Waals surface area contributed by atoms with Crippen LogP contribution in [0.3, 0.4) is 0 Å². The van der Waals surface area contributed by atoms with Crippen LogP contribution < -0.4 is 10.6 Å². The van der Waals surface area contributed by atoms with E-state index in [-0.39, 0.29) is 12.3 Å². The molecule has 1 atom stereocenters. The average Bonchev–Trinajstić information content (AvgIpc) is 2.67. The number of hydrogen-bond acceptors (Lipinski definition) is 6. The van der Waals surface area contributed by atoms with E-state index in [9.17, 15) is 14.4 Å². The third-order valence-corrected chi connectivity index (χ3v) is 4.97. The number of hydrogen-bond donors (Lipinski definition) is 2. The standard InChI is InChI=1S/C19H15N3O4S/c20-10-12-4-3-5-13(8-12)21-17(23)11-26-18(24)9-16-19(25)22-14-6-1-2-7-15(14)27-16/h1-8,16H,9,11H2,(H,21,23)(H,22,25)/t16-/m1/s1. The van der Waals surface area contributed by atoms with Crippen LogP contribution in [0.15, 0.2) is 53.4 Å². The highest BCUT2D eigenvalue weighted by Crippen LogP contribution is 2.36. The SMILES string of the molecule is N#Cc1cccc(NC(=O)COC(=O)C[C@H]2Sc3ccccc3NC2=O)c1. The van der Waals surface area contributed by atoms with Crippen molar-refractivity contribution in [1.29, 1.82) is 5.26 Å². The van der Waals surface area contributed by atoms with Gasteiger partial charge >= 0.3 is 5.97 Å². The minimum atomic E-state index is -0.636. The van der Waals surface area contributed by atoms with E-state index >= 15 is 0 Å². The first-order valence-electron chi connectivity index (χ1n) is 8.07. The maximum absolute atomic E-state index is 12.1. The van der Waals surface area contributed by atoms with E-state index in [0.717, 1.165) is 10.6 Å². The number of anilines is 2. The number of para-hydroxylation sites is 1. The van der Waals surface area contributed by atoms with Gasteiger partial charge in [0.05, 0.1) is 29.0 Å². The van der Waals surface area contributed by atoms with E-state index in [2.05, 4.69) is 10.6 Å². The average molecular weight is 381 g/mol. The highest BCUT2D eigenvalue weighted by atomic mass is 32.2. The van der Waals surface area contributed by atoms with Gasteiger partial charge in [0.25, 0.3) is 5.91 Å². The second-order valence-corrected chi connectivity index (χ2v) is 6.94. The Morgan fingerprint density at radius 2 is 2.04 bits per heavy atom. The van der Waals surface area contributed by atoms with Crippen molar-refractivity contribution in [2.45, 2.75) is 16.6 Å². The van der Waals surface area contributed by atoms with Crippen molar-refractivity contribution in [1.82, 2.24) is 0 Å². The lowest BCUT2D eigenvalue weighted by Crippen LogP contribution is -2.32. The number of nitrogens with zero attached hydrogens (tertiary/aromatic N) is 1. The molecule has 2 aromatic carbocycles. The minimum absolute atomic E-state index is 0.137. The summed E-state index contributed by atoms with van der Waals surface area (Å²) in [5.74, 6) is -1.43. The summed E-state index contributed by atoms with van der Waals surface area (Å²) >= 11 is 1.29. The summed E-state index contributed by atoms with van der Waals surface area (Å²) in [7, 11) is 0. The van der Waals surface area contributed by atoms with Crippen LogP contribution in [0.25, 0.3) is 0 Å². The number of rotatable bonds is 5. The summed E-state index contributed by atoms with van der Waals surface area (Å²) in [4.78, 5) is 36.8. The minimum Gasteiger partial charge on any atom is -0.456 e. The lowest BCUT2D eigenvalue weighted by atomic mass is 10.2. The molecule has 27 heavy (non-hydrogen) atoms. The molecular weight excluding hydrogens is 366 g/mol. The smallest absolute Gasteiger partial charge is 0.307 e. The summed E-state index contributed by atoms with van der Waals surface area (Å²) in [5.41, 5.74) is 1.57. The van der Waals surface area contributed by atoms with Gasteiger partial charge in [0, 0.05) is 10.6 Å². The van der Waals surface area contributed by atoms with Gasteiger partial charge in [0.1, 0.15) is 0 Å². The van der Waals surface area contributed by atoms with Crippen molar-refractivity contribution in [3.63, 3.8) is 0 Å². The highest BCUT2D eigenvalue weighted by Gasteiger charge is 2.29. The fourth-order valence-corrected chi connectivity index (χ4v) is 3.54. The fourth-order valence-electron chi connectivity index (χ4n) is 2.45. The number of carbonyl (C=O) groups is 3. The first-order chi connectivity index (χ1) is 13.0. The Kier molecular flexibility index (Phi) is 5.74. The van der Waals surface area contributed by atoms with E-state index in [1.165, 1.54) is 17.8 Å². The number of esters is 1. The van der Waals surface area contributed by atoms with Crippen molar-refractivity contribution in [3.05, 3.63) is 54.1 Å². The lowest BCUT2D eigenvalue weighted by molar-refractivity contribution is -0.147. The molecule has 1 heterocycles. The van der Waals surface area contributed by atoms with Crippen LogP contribution in [0.1, 0.15) is 12.0 Å². The van der Waals surface area contributed by atoms with E-state index in [1.54, 1.807) is 24.3 Å². The molecule has 0 aromatic heterocycles. The molecule has 0 bridgehead atoms. The van der Waals surface area contributed by atoms with Crippen LogP contribution in [0.4, 0.5) is 11.4 Å². The fraction of sp³-hybridized carbons (Fsp3) is 0.158. The molecular formula is C19H15N3O4S. The van der Waals surface area contributed by atoms with Gasteiger partial charge in [0.15, 0.2) is 6.61 Å². The second kappa shape index (κ2) is 8.38. The van der Waals surface area contributed by atoms with Crippen molar-refractivity contribution in [2.24, 2.45) is 0 Å². The monoisotopic (exact) mass is 381 g/mol. The summed E-state index contributed by atoms with van der Waals surface area (Å²) in [6.07, 6.45) is -0.137. The molecule has 0 saturated carbocycles. The van der Waals surface area contributed by atoms with Gasteiger partial charge in [-0.1, -0.05) is 18.2 Å². The Morgan fingerprint density at radius 3 is 2.85 bits per heavy atom. The number of nitrogens with one attached hydrogen (secondary N) is 2. The van der Waals surface area contributed by atoms with Crippen LogP contribution in [0.2, 0.25) is 0 Å². The lowest BCUT2D eigenvalue weighted by Gasteiger charge is -2.23. The van der Waals surface area contributed by atoms with E-state index < -0.39 is 23.7 Å². The molecule has 0 saturated heterocycles. The van der Waals surface area contributed by atoms with Crippen molar-refractivity contribution < 1.29 is 19.1 Å². The molecule has 2 aromatic rings. The summed E-state index contributed by atoms with van der Waals surface area (Å²) in [6.45, 7) is -0.467. The molecule has 2 N–H and O–H groups in total. The Bertz CT molecular complexity index is 939. The van der Waals surface area contributed by atoms with Crippen molar-refractivity contribution in [3.8, 4) is 6.07 Å². The molecule has 7 nitrogen and oxygen atoms in total. The molecule has 3 rings (SSSR count). The number of thioether (sulfide) groups is 1. The third-order valence-electron chi connectivity index (χ3n) is 3.70. The summed E-state index contributed by atoms with van der Waals surface area (Å²) in [5, 5.41) is 13.5. The first-order valence-corrected chi connectivity index (χ1v) is 8.95. The molecule has 1 aliphatic heterocycles. The zero-order valence-corrected chi connectivity index (χ0v) is 14.9. The highest BCUT2D eigenvalue weighted by molar-refractivity contribution is 8.01. The Morgan fingerprint density at radius 1 is 1.22 bits per heavy atom. The quantitative estimate of drug-likeness (QED) is 0.771. The van der Waals surface area contributed by atoms with E-state index in [1.807, 2.05) is 24.3 Å². The van der Waals surface area contributed by atoms with Gasteiger partial charge < -0.3 is 15.4 Å². The van der Waals surface area contributed by atoms with Gasteiger partial charge in [-0.25, -0.2) is 0 Å². The molecule has 0 radical (unpaired) electrons.